The first-order chi connectivity index (χ1) is 9.94. The molecule has 2 rings (SSSR count). The van der Waals surface area contributed by atoms with Crippen molar-refractivity contribution in [3.63, 3.8) is 0 Å². The molecular weight excluding hydrogens is 266 g/mol. The lowest BCUT2D eigenvalue weighted by atomic mass is 10.00. The summed E-state index contributed by atoms with van der Waals surface area (Å²) in [5, 5.41) is 23.8. The van der Waals surface area contributed by atoms with Crippen LogP contribution in [0.15, 0.2) is 40.8 Å². The fourth-order valence-electron chi connectivity index (χ4n) is 2.39. The molecular formula is C17H23NO3. The highest BCUT2D eigenvalue weighted by Gasteiger charge is 2.28. The van der Waals surface area contributed by atoms with Crippen molar-refractivity contribution in [3.8, 4) is 5.75 Å². The molecule has 2 atom stereocenters. The van der Waals surface area contributed by atoms with Crippen molar-refractivity contribution >= 4 is 0 Å². The summed E-state index contributed by atoms with van der Waals surface area (Å²) in [4.78, 5) is 0. The highest BCUT2D eigenvalue weighted by Crippen LogP contribution is 2.28. The van der Waals surface area contributed by atoms with Gasteiger partial charge in [-0.05, 0) is 38.5 Å². The van der Waals surface area contributed by atoms with E-state index >= 15 is 0 Å². The van der Waals surface area contributed by atoms with Crippen molar-refractivity contribution in [2.24, 2.45) is 0 Å². The predicted octanol–water partition coefficient (Wildman–Crippen LogP) is 3.24. The van der Waals surface area contributed by atoms with Crippen LogP contribution in [0.3, 0.4) is 0 Å². The van der Waals surface area contributed by atoms with Crippen molar-refractivity contribution < 1.29 is 14.6 Å². The Morgan fingerprint density at radius 2 is 1.95 bits per heavy atom. The number of aryl methyl sites for hydroxylation is 1. The summed E-state index contributed by atoms with van der Waals surface area (Å²) < 4.78 is 5.50. The van der Waals surface area contributed by atoms with Gasteiger partial charge in [0.25, 0.3) is 0 Å². The SMILES string of the molecule is CCC(NCC(C)(O)c1ccc(C)o1)c1ccccc1O. The summed E-state index contributed by atoms with van der Waals surface area (Å²) in [6.07, 6.45) is 0.810. The second-order valence-electron chi connectivity index (χ2n) is 5.58. The van der Waals surface area contributed by atoms with Gasteiger partial charge in [-0.1, -0.05) is 25.1 Å². The summed E-state index contributed by atoms with van der Waals surface area (Å²) in [5.41, 5.74) is -0.252. The van der Waals surface area contributed by atoms with E-state index in [9.17, 15) is 10.2 Å². The maximum Gasteiger partial charge on any atom is 0.136 e. The smallest absolute Gasteiger partial charge is 0.136 e. The molecule has 1 heterocycles. The third kappa shape index (κ3) is 3.65. The lowest BCUT2D eigenvalue weighted by Gasteiger charge is -2.26. The summed E-state index contributed by atoms with van der Waals surface area (Å²) >= 11 is 0. The van der Waals surface area contributed by atoms with Gasteiger partial charge in [0.15, 0.2) is 0 Å². The molecule has 4 nitrogen and oxygen atoms in total. The molecule has 4 heteroatoms. The molecule has 2 aromatic rings. The summed E-state index contributed by atoms with van der Waals surface area (Å²) in [6, 6.07) is 10.9. The number of phenolic OH excluding ortho intramolecular Hbond substituents is 1. The Hall–Kier alpha value is -1.78. The Labute approximate surface area is 125 Å². The van der Waals surface area contributed by atoms with Crippen molar-refractivity contribution in [2.75, 3.05) is 6.54 Å². The number of aliphatic hydroxyl groups is 1. The fourth-order valence-corrected chi connectivity index (χ4v) is 2.39. The average molecular weight is 289 g/mol. The maximum atomic E-state index is 10.5. The Bertz CT molecular complexity index is 589. The molecule has 0 aliphatic carbocycles. The molecule has 0 spiro atoms. The molecule has 21 heavy (non-hydrogen) atoms. The van der Waals surface area contributed by atoms with E-state index in [1.54, 1.807) is 25.1 Å². The summed E-state index contributed by atoms with van der Waals surface area (Å²) in [5.74, 6) is 1.59. The zero-order chi connectivity index (χ0) is 15.5. The third-order valence-corrected chi connectivity index (χ3v) is 3.68. The molecule has 2 unspecified atom stereocenters. The van der Waals surface area contributed by atoms with E-state index in [-0.39, 0.29) is 11.8 Å². The maximum absolute atomic E-state index is 10.5. The number of nitrogens with one attached hydrogen (secondary N) is 1. The minimum Gasteiger partial charge on any atom is -0.508 e. The van der Waals surface area contributed by atoms with Crippen LogP contribution in [0.5, 0.6) is 5.75 Å². The summed E-state index contributed by atoms with van der Waals surface area (Å²) in [7, 11) is 0. The Morgan fingerprint density at radius 3 is 2.52 bits per heavy atom. The molecule has 0 saturated heterocycles. The number of benzene rings is 1. The lowest BCUT2D eigenvalue weighted by Crippen LogP contribution is -2.37. The first-order valence-corrected chi connectivity index (χ1v) is 7.24. The quantitative estimate of drug-likeness (QED) is 0.764. The first-order valence-electron chi connectivity index (χ1n) is 7.24. The molecule has 1 aromatic heterocycles. The molecule has 0 radical (unpaired) electrons. The minimum atomic E-state index is -1.09. The van der Waals surface area contributed by atoms with Gasteiger partial charge < -0.3 is 19.9 Å². The van der Waals surface area contributed by atoms with Gasteiger partial charge >= 0.3 is 0 Å². The standard InChI is InChI=1S/C17H23NO3/c1-4-14(13-7-5-6-8-15(13)19)18-11-17(3,20)16-10-9-12(2)21-16/h5-10,14,18-20H,4,11H2,1-3H3. The largest absolute Gasteiger partial charge is 0.508 e. The van der Waals surface area contributed by atoms with Gasteiger partial charge in [0.2, 0.25) is 0 Å². The number of rotatable bonds is 6. The molecule has 3 N–H and O–H groups in total. The van der Waals surface area contributed by atoms with Crippen molar-refractivity contribution in [3.05, 3.63) is 53.5 Å². The van der Waals surface area contributed by atoms with E-state index in [0.29, 0.717) is 12.3 Å². The zero-order valence-corrected chi connectivity index (χ0v) is 12.8. The van der Waals surface area contributed by atoms with E-state index in [0.717, 1.165) is 17.7 Å². The van der Waals surface area contributed by atoms with E-state index < -0.39 is 5.60 Å². The average Bonchev–Trinajstić information content (AvgIpc) is 2.89. The zero-order valence-electron chi connectivity index (χ0n) is 12.8. The van der Waals surface area contributed by atoms with Crippen molar-refractivity contribution in [2.45, 2.75) is 38.8 Å². The minimum absolute atomic E-state index is 0.0197. The number of hydrogen-bond donors (Lipinski definition) is 3. The van der Waals surface area contributed by atoms with Crippen molar-refractivity contribution in [1.82, 2.24) is 5.32 Å². The number of para-hydroxylation sites is 1. The first kappa shape index (κ1) is 15.6. The normalized spacial score (nSPS) is 15.6. The van der Waals surface area contributed by atoms with Crippen LogP contribution in [0.4, 0.5) is 0 Å². The van der Waals surface area contributed by atoms with Crippen LogP contribution in [0.25, 0.3) is 0 Å². The van der Waals surface area contributed by atoms with E-state index in [2.05, 4.69) is 5.32 Å². The van der Waals surface area contributed by atoms with Crippen LogP contribution in [-0.2, 0) is 5.60 Å². The van der Waals surface area contributed by atoms with Crippen LogP contribution in [0.1, 0.15) is 43.4 Å². The number of phenols is 1. The van der Waals surface area contributed by atoms with Crippen LogP contribution in [0.2, 0.25) is 0 Å². The molecule has 0 bridgehead atoms. The number of aromatic hydroxyl groups is 1. The molecule has 0 amide bonds. The topological polar surface area (TPSA) is 65.6 Å². The number of furan rings is 1. The van der Waals surface area contributed by atoms with Crippen LogP contribution < -0.4 is 5.32 Å². The molecule has 0 aliphatic rings. The van der Waals surface area contributed by atoms with E-state index in [1.807, 2.05) is 32.0 Å². The highest BCUT2D eigenvalue weighted by molar-refractivity contribution is 5.34. The van der Waals surface area contributed by atoms with Gasteiger partial charge in [-0.3, -0.25) is 0 Å². The predicted molar refractivity (Wildman–Crippen MR) is 82.2 cm³/mol. The van der Waals surface area contributed by atoms with Crippen LogP contribution in [0, 0.1) is 6.92 Å². The third-order valence-electron chi connectivity index (χ3n) is 3.68. The van der Waals surface area contributed by atoms with Crippen LogP contribution >= 0.6 is 0 Å². The summed E-state index contributed by atoms with van der Waals surface area (Å²) in [6.45, 7) is 5.95. The highest BCUT2D eigenvalue weighted by atomic mass is 16.4. The van der Waals surface area contributed by atoms with Gasteiger partial charge in [0, 0.05) is 18.2 Å². The second-order valence-corrected chi connectivity index (χ2v) is 5.58. The van der Waals surface area contributed by atoms with E-state index in [1.165, 1.54) is 0 Å². The van der Waals surface area contributed by atoms with Gasteiger partial charge in [-0.2, -0.15) is 0 Å². The molecule has 1 aromatic carbocycles. The van der Waals surface area contributed by atoms with Gasteiger partial charge in [0.05, 0.1) is 0 Å². The monoisotopic (exact) mass is 289 g/mol. The molecule has 0 fully saturated rings. The van der Waals surface area contributed by atoms with E-state index in [4.69, 9.17) is 4.42 Å². The van der Waals surface area contributed by atoms with Crippen molar-refractivity contribution in [1.29, 1.82) is 0 Å². The Balaban J connectivity index is 2.08. The molecule has 0 aliphatic heterocycles. The lowest BCUT2D eigenvalue weighted by molar-refractivity contribution is 0.0305. The van der Waals surface area contributed by atoms with Crippen LogP contribution in [-0.4, -0.2) is 16.8 Å². The van der Waals surface area contributed by atoms with Gasteiger partial charge in [-0.25, -0.2) is 0 Å². The molecule has 114 valence electrons. The Kier molecular flexibility index (Phi) is 4.70. The fraction of sp³-hybridized carbons (Fsp3) is 0.412. The van der Waals surface area contributed by atoms with Gasteiger partial charge in [-0.15, -0.1) is 0 Å². The Morgan fingerprint density at radius 1 is 1.24 bits per heavy atom. The van der Waals surface area contributed by atoms with Gasteiger partial charge in [0.1, 0.15) is 22.9 Å². The number of hydrogen-bond acceptors (Lipinski definition) is 4. The second kappa shape index (κ2) is 6.33. The molecule has 0 saturated carbocycles.